The lowest BCUT2D eigenvalue weighted by atomic mass is 10.1. The molecule has 2 heterocycles. The molecule has 0 spiro atoms. The van der Waals surface area contributed by atoms with E-state index in [1.807, 2.05) is 19.2 Å². The smallest absolute Gasteiger partial charge is 0.0573 e. The summed E-state index contributed by atoms with van der Waals surface area (Å²) in [4.78, 5) is 11.7. The molecule has 0 aliphatic carbocycles. The van der Waals surface area contributed by atoms with Gasteiger partial charge in [0.15, 0.2) is 0 Å². The van der Waals surface area contributed by atoms with E-state index in [0.717, 1.165) is 56.1 Å². The lowest BCUT2D eigenvalue weighted by molar-refractivity contribution is 0.245. The third-order valence-electron chi connectivity index (χ3n) is 3.96. The highest BCUT2D eigenvalue weighted by Gasteiger charge is 2.11. The zero-order valence-corrected chi connectivity index (χ0v) is 14.5. The van der Waals surface area contributed by atoms with Gasteiger partial charge in [0.1, 0.15) is 0 Å². The van der Waals surface area contributed by atoms with Crippen molar-refractivity contribution < 1.29 is 0 Å². The summed E-state index contributed by atoms with van der Waals surface area (Å²) in [5.74, 6) is 0. The largest absolute Gasteiger partial charge is 0.330 e. The molecule has 0 saturated carbocycles. The Balaban J connectivity index is 2.09. The van der Waals surface area contributed by atoms with Crippen molar-refractivity contribution in [1.29, 1.82) is 0 Å². The van der Waals surface area contributed by atoms with Gasteiger partial charge in [-0.3, -0.25) is 14.9 Å². The molecule has 0 unspecified atom stereocenters. The van der Waals surface area contributed by atoms with Crippen LogP contribution in [0.4, 0.5) is 0 Å². The van der Waals surface area contributed by atoms with Crippen LogP contribution in [-0.2, 0) is 13.1 Å². The van der Waals surface area contributed by atoms with E-state index in [4.69, 9.17) is 5.73 Å². The molecule has 0 amide bonds. The third kappa shape index (κ3) is 5.73. The van der Waals surface area contributed by atoms with Crippen molar-refractivity contribution in [3.8, 4) is 0 Å². The minimum absolute atomic E-state index is 0.748. The molecule has 0 aliphatic rings. The Kier molecular flexibility index (Phi) is 6.68. The number of aryl methyl sites for hydroxylation is 3. The van der Waals surface area contributed by atoms with E-state index in [1.165, 1.54) is 11.1 Å². The summed E-state index contributed by atoms with van der Waals surface area (Å²) < 4.78 is 0. The summed E-state index contributed by atoms with van der Waals surface area (Å²) in [5.41, 5.74) is 11.4. The Bertz CT molecular complexity index is 625. The number of hydrogen-bond donors (Lipinski definition) is 1. The summed E-state index contributed by atoms with van der Waals surface area (Å²) in [6, 6.07) is 8.41. The van der Waals surface area contributed by atoms with Crippen molar-refractivity contribution >= 4 is 0 Å². The Hall–Kier alpha value is -1.78. The fourth-order valence-electron chi connectivity index (χ4n) is 2.73. The maximum Gasteiger partial charge on any atom is 0.0573 e. The van der Waals surface area contributed by atoms with Crippen molar-refractivity contribution in [1.82, 2.24) is 14.9 Å². The second kappa shape index (κ2) is 8.75. The molecule has 2 rings (SSSR count). The second-order valence-corrected chi connectivity index (χ2v) is 6.25. The third-order valence-corrected chi connectivity index (χ3v) is 3.96. The van der Waals surface area contributed by atoms with E-state index in [-0.39, 0.29) is 0 Å². The average Bonchev–Trinajstić information content (AvgIpc) is 2.50. The lowest BCUT2D eigenvalue weighted by Crippen LogP contribution is -2.26. The van der Waals surface area contributed by atoms with Crippen LogP contribution in [0.25, 0.3) is 0 Å². The molecule has 4 nitrogen and oxygen atoms in total. The van der Waals surface area contributed by atoms with Crippen LogP contribution in [0.2, 0.25) is 0 Å². The SMILES string of the molecule is Cc1cnc(CN(CCCCN)Cc2cccc(C)n2)c(C)c1. The number of nitrogens with two attached hydrogens (primary N) is 1. The van der Waals surface area contributed by atoms with Gasteiger partial charge in [-0.25, -0.2) is 0 Å². The first-order chi connectivity index (χ1) is 11.1. The van der Waals surface area contributed by atoms with E-state index >= 15 is 0 Å². The van der Waals surface area contributed by atoms with Crippen molar-refractivity contribution in [3.05, 3.63) is 58.7 Å². The van der Waals surface area contributed by atoms with Gasteiger partial charge in [-0.1, -0.05) is 12.1 Å². The van der Waals surface area contributed by atoms with Crippen LogP contribution in [0.1, 0.15) is 41.1 Å². The molecule has 0 saturated heterocycles. The number of hydrogen-bond acceptors (Lipinski definition) is 4. The fraction of sp³-hybridized carbons (Fsp3) is 0.474. The van der Waals surface area contributed by atoms with Gasteiger partial charge >= 0.3 is 0 Å². The molecule has 4 heteroatoms. The summed E-state index contributed by atoms with van der Waals surface area (Å²) in [6.45, 7) is 9.72. The van der Waals surface area contributed by atoms with E-state index < -0.39 is 0 Å². The fourth-order valence-corrected chi connectivity index (χ4v) is 2.73. The normalized spacial score (nSPS) is 11.2. The van der Waals surface area contributed by atoms with Crippen LogP contribution in [0.3, 0.4) is 0 Å². The van der Waals surface area contributed by atoms with Gasteiger partial charge < -0.3 is 5.73 Å². The Morgan fingerprint density at radius 3 is 2.61 bits per heavy atom. The van der Waals surface area contributed by atoms with Gasteiger partial charge in [0, 0.05) is 25.0 Å². The van der Waals surface area contributed by atoms with Crippen molar-refractivity contribution in [2.75, 3.05) is 13.1 Å². The van der Waals surface area contributed by atoms with E-state index in [0.29, 0.717) is 0 Å². The van der Waals surface area contributed by atoms with Crippen molar-refractivity contribution in [2.24, 2.45) is 5.73 Å². The maximum atomic E-state index is 5.64. The maximum absolute atomic E-state index is 5.64. The van der Waals surface area contributed by atoms with Gasteiger partial charge in [0.25, 0.3) is 0 Å². The van der Waals surface area contributed by atoms with Crippen LogP contribution in [0.5, 0.6) is 0 Å². The molecular weight excluding hydrogens is 284 g/mol. The van der Waals surface area contributed by atoms with Gasteiger partial charge in [0.2, 0.25) is 0 Å². The summed E-state index contributed by atoms with van der Waals surface area (Å²) in [5, 5.41) is 0. The minimum Gasteiger partial charge on any atom is -0.330 e. The zero-order valence-electron chi connectivity index (χ0n) is 14.5. The van der Waals surface area contributed by atoms with Crippen LogP contribution in [0.15, 0.2) is 30.5 Å². The molecule has 0 atom stereocenters. The highest BCUT2D eigenvalue weighted by atomic mass is 15.1. The highest BCUT2D eigenvalue weighted by Crippen LogP contribution is 2.13. The number of aromatic nitrogens is 2. The molecule has 0 bridgehead atoms. The monoisotopic (exact) mass is 312 g/mol. The van der Waals surface area contributed by atoms with Crippen LogP contribution in [-0.4, -0.2) is 28.0 Å². The molecule has 2 N–H and O–H groups in total. The number of nitrogens with zero attached hydrogens (tertiary/aromatic N) is 3. The number of unbranched alkanes of at least 4 members (excludes halogenated alkanes) is 1. The second-order valence-electron chi connectivity index (χ2n) is 6.25. The highest BCUT2D eigenvalue weighted by molar-refractivity contribution is 5.23. The number of pyridine rings is 2. The summed E-state index contributed by atoms with van der Waals surface area (Å²) >= 11 is 0. The molecule has 0 aromatic carbocycles. The molecule has 2 aromatic rings. The predicted molar refractivity (Wildman–Crippen MR) is 95.1 cm³/mol. The molecule has 0 aliphatic heterocycles. The molecule has 23 heavy (non-hydrogen) atoms. The van der Waals surface area contributed by atoms with Crippen LogP contribution < -0.4 is 5.73 Å². The van der Waals surface area contributed by atoms with Crippen molar-refractivity contribution in [2.45, 2.75) is 46.7 Å². The molecular formula is C19H28N4. The first-order valence-electron chi connectivity index (χ1n) is 8.35. The van der Waals surface area contributed by atoms with Crippen molar-refractivity contribution in [3.63, 3.8) is 0 Å². The molecule has 0 fully saturated rings. The minimum atomic E-state index is 0.748. The summed E-state index contributed by atoms with van der Waals surface area (Å²) in [6.07, 6.45) is 4.11. The Labute approximate surface area is 139 Å². The lowest BCUT2D eigenvalue weighted by Gasteiger charge is -2.22. The first-order valence-corrected chi connectivity index (χ1v) is 8.35. The van der Waals surface area contributed by atoms with E-state index in [2.05, 4.69) is 46.9 Å². The first kappa shape index (κ1) is 17.6. The van der Waals surface area contributed by atoms with Gasteiger partial charge in [0.05, 0.1) is 11.4 Å². The standard InChI is InChI=1S/C19H28N4/c1-15-11-16(2)19(21-12-15)14-23(10-5-4-9-20)13-18-8-6-7-17(3)22-18/h6-8,11-12H,4-5,9-10,13-14,20H2,1-3H3. The molecule has 124 valence electrons. The Morgan fingerprint density at radius 2 is 1.91 bits per heavy atom. The zero-order chi connectivity index (χ0) is 16.7. The van der Waals surface area contributed by atoms with Gasteiger partial charge in [-0.15, -0.1) is 0 Å². The van der Waals surface area contributed by atoms with Gasteiger partial charge in [-0.2, -0.15) is 0 Å². The van der Waals surface area contributed by atoms with Gasteiger partial charge in [-0.05, 0) is 70.0 Å². The van der Waals surface area contributed by atoms with E-state index in [9.17, 15) is 0 Å². The Morgan fingerprint density at radius 1 is 1.09 bits per heavy atom. The average molecular weight is 312 g/mol. The topological polar surface area (TPSA) is 55.0 Å². The van der Waals surface area contributed by atoms with Crippen LogP contribution >= 0.6 is 0 Å². The quantitative estimate of drug-likeness (QED) is 0.761. The predicted octanol–water partition coefficient (Wildman–Crippen LogP) is 3.14. The van der Waals surface area contributed by atoms with E-state index in [1.54, 1.807) is 0 Å². The molecule has 0 radical (unpaired) electrons. The number of rotatable bonds is 8. The van der Waals surface area contributed by atoms with Crippen LogP contribution in [0, 0.1) is 20.8 Å². The summed E-state index contributed by atoms with van der Waals surface area (Å²) in [7, 11) is 0. The molecule has 2 aromatic heterocycles.